The molecule has 0 unspecified atom stereocenters. The molecule has 1 rings (SSSR count). The molecular formula is C15H22O2. The first kappa shape index (κ1) is 13.8. The van der Waals surface area contributed by atoms with E-state index in [1.54, 1.807) is 7.11 Å². The molecule has 0 saturated heterocycles. The average Bonchev–Trinajstić information content (AvgIpc) is 2.28. The number of carbonyl (C=O) groups excluding carboxylic acids is 1. The van der Waals surface area contributed by atoms with Crippen LogP contribution < -0.4 is 4.74 Å². The van der Waals surface area contributed by atoms with Crippen LogP contribution in [-0.4, -0.2) is 12.9 Å². The Morgan fingerprint density at radius 3 is 2.65 bits per heavy atom. The number of carbonyl (C=O) groups is 1. The normalized spacial score (nSPS) is 10.6. The topological polar surface area (TPSA) is 26.3 Å². The molecule has 0 N–H and O–H groups in total. The fourth-order valence-electron chi connectivity index (χ4n) is 1.85. The minimum atomic E-state index is 0.186. The molecule has 17 heavy (non-hydrogen) atoms. The Morgan fingerprint density at radius 1 is 1.35 bits per heavy atom. The smallest absolute Gasteiger partial charge is 0.166 e. The maximum atomic E-state index is 12.1. The molecule has 2 heteroatoms. The summed E-state index contributed by atoms with van der Waals surface area (Å²) in [6, 6.07) is 5.74. The van der Waals surface area contributed by atoms with Gasteiger partial charge in [0.15, 0.2) is 5.78 Å². The first-order chi connectivity index (χ1) is 8.04. The van der Waals surface area contributed by atoms with Gasteiger partial charge in [-0.2, -0.15) is 0 Å². The number of hydrogen-bond acceptors (Lipinski definition) is 2. The number of Topliss-reactive ketones (excluding diaryl/α,β-unsaturated/α-hetero) is 1. The van der Waals surface area contributed by atoms with E-state index in [1.807, 2.05) is 25.1 Å². The van der Waals surface area contributed by atoms with Crippen molar-refractivity contribution in [2.45, 2.75) is 40.0 Å². The molecule has 0 fully saturated rings. The number of hydrogen-bond donors (Lipinski definition) is 0. The number of methoxy groups -OCH3 is 1. The molecule has 0 saturated carbocycles. The lowest BCUT2D eigenvalue weighted by molar-refractivity contribution is 0.0975. The Hall–Kier alpha value is -1.31. The molecule has 0 aromatic heterocycles. The molecule has 94 valence electrons. The number of rotatable bonds is 6. The standard InChI is InChI=1S/C15H22O2/c1-11(2)6-5-7-14(16)13-10-12(3)8-9-15(13)17-4/h8-11H,5-7H2,1-4H3. The zero-order valence-corrected chi connectivity index (χ0v) is 11.2. The second kappa shape index (κ2) is 6.43. The van der Waals surface area contributed by atoms with E-state index >= 15 is 0 Å². The Labute approximate surface area is 104 Å². The Bertz CT molecular complexity index is 381. The van der Waals surface area contributed by atoms with Gasteiger partial charge in [-0.25, -0.2) is 0 Å². The number of aryl methyl sites for hydroxylation is 1. The van der Waals surface area contributed by atoms with Crippen LogP contribution in [0.15, 0.2) is 18.2 Å². The molecule has 0 heterocycles. The molecule has 0 bridgehead atoms. The lowest BCUT2D eigenvalue weighted by Gasteiger charge is -2.09. The van der Waals surface area contributed by atoms with E-state index in [-0.39, 0.29) is 5.78 Å². The highest BCUT2D eigenvalue weighted by Gasteiger charge is 2.12. The van der Waals surface area contributed by atoms with Gasteiger partial charge >= 0.3 is 0 Å². The minimum Gasteiger partial charge on any atom is -0.496 e. The molecule has 0 spiro atoms. The maximum absolute atomic E-state index is 12.1. The third kappa shape index (κ3) is 4.22. The second-order valence-corrected chi connectivity index (χ2v) is 4.91. The summed E-state index contributed by atoms with van der Waals surface area (Å²) in [6.45, 7) is 6.35. The predicted octanol–water partition coefficient (Wildman–Crippen LogP) is 4.01. The molecule has 1 aromatic rings. The summed E-state index contributed by atoms with van der Waals surface area (Å²) in [7, 11) is 1.61. The number of ketones is 1. The second-order valence-electron chi connectivity index (χ2n) is 4.91. The summed E-state index contributed by atoms with van der Waals surface area (Å²) in [5.41, 5.74) is 1.81. The van der Waals surface area contributed by atoms with Gasteiger partial charge in [-0.05, 0) is 31.4 Å². The fourth-order valence-corrected chi connectivity index (χ4v) is 1.85. The van der Waals surface area contributed by atoms with Gasteiger partial charge in [0.1, 0.15) is 5.75 Å². The zero-order chi connectivity index (χ0) is 12.8. The maximum Gasteiger partial charge on any atom is 0.166 e. The van der Waals surface area contributed by atoms with Gasteiger partial charge in [-0.1, -0.05) is 31.9 Å². The van der Waals surface area contributed by atoms with E-state index < -0.39 is 0 Å². The number of benzene rings is 1. The van der Waals surface area contributed by atoms with Gasteiger partial charge in [0.25, 0.3) is 0 Å². The van der Waals surface area contributed by atoms with Crippen LogP contribution in [0, 0.1) is 12.8 Å². The van der Waals surface area contributed by atoms with Crippen molar-refractivity contribution in [1.29, 1.82) is 0 Å². The highest BCUT2D eigenvalue weighted by molar-refractivity contribution is 5.98. The summed E-state index contributed by atoms with van der Waals surface area (Å²) in [4.78, 5) is 12.1. The third-order valence-corrected chi connectivity index (χ3v) is 2.84. The van der Waals surface area contributed by atoms with E-state index in [2.05, 4.69) is 13.8 Å². The summed E-state index contributed by atoms with van der Waals surface area (Å²) >= 11 is 0. The van der Waals surface area contributed by atoms with E-state index in [4.69, 9.17) is 4.74 Å². The molecule has 1 aromatic carbocycles. The van der Waals surface area contributed by atoms with Crippen LogP contribution in [0.2, 0.25) is 0 Å². The van der Waals surface area contributed by atoms with E-state index in [0.29, 0.717) is 18.1 Å². The van der Waals surface area contributed by atoms with Crippen molar-refractivity contribution in [3.63, 3.8) is 0 Å². The largest absolute Gasteiger partial charge is 0.496 e. The van der Waals surface area contributed by atoms with Gasteiger partial charge < -0.3 is 4.74 Å². The molecular weight excluding hydrogens is 212 g/mol. The van der Waals surface area contributed by atoms with Crippen molar-refractivity contribution in [3.05, 3.63) is 29.3 Å². The van der Waals surface area contributed by atoms with Crippen molar-refractivity contribution in [2.75, 3.05) is 7.11 Å². The average molecular weight is 234 g/mol. The van der Waals surface area contributed by atoms with Crippen LogP contribution in [0.1, 0.15) is 49.0 Å². The summed E-state index contributed by atoms with van der Waals surface area (Å²) in [5, 5.41) is 0. The summed E-state index contributed by atoms with van der Waals surface area (Å²) < 4.78 is 5.23. The Morgan fingerprint density at radius 2 is 2.06 bits per heavy atom. The molecule has 0 aliphatic carbocycles. The van der Waals surface area contributed by atoms with Crippen LogP contribution in [-0.2, 0) is 0 Å². The van der Waals surface area contributed by atoms with Crippen LogP contribution in [0.4, 0.5) is 0 Å². The SMILES string of the molecule is COc1ccc(C)cc1C(=O)CCCC(C)C. The highest BCUT2D eigenvalue weighted by atomic mass is 16.5. The fraction of sp³-hybridized carbons (Fsp3) is 0.533. The molecule has 2 nitrogen and oxygen atoms in total. The van der Waals surface area contributed by atoms with Crippen molar-refractivity contribution in [2.24, 2.45) is 5.92 Å². The van der Waals surface area contributed by atoms with Gasteiger partial charge in [0.05, 0.1) is 12.7 Å². The van der Waals surface area contributed by atoms with Gasteiger partial charge in [-0.15, -0.1) is 0 Å². The highest BCUT2D eigenvalue weighted by Crippen LogP contribution is 2.22. The Balaban J connectivity index is 2.70. The van der Waals surface area contributed by atoms with Crippen molar-refractivity contribution in [1.82, 2.24) is 0 Å². The van der Waals surface area contributed by atoms with Crippen molar-refractivity contribution < 1.29 is 9.53 Å². The minimum absolute atomic E-state index is 0.186. The van der Waals surface area contributed by atoms with Crippen LogP contribution in [0.3, 0.4) is 0 Å². The summed E-state index contributed by atoms with van der Waals surface area (Å²) in [5.74, 6) is 1.53. The first-order valence-electron chi connectivity index (χ1n) is 6.22. The van der Waals surface area contributed by atoms with E-state index in [9.17, 15) is 4.79 Å². The van der Waals surface area contributed by atoms with Crippen molar-refractivity contribution >= 4 is 5.78 Å². The quantitative estimate of drug-likeness (QED) is 0.695. The zero-order valence-electron chi connectivity index (χ0n) is 11.2. The van der Waals surface area contributed by atoms with Crippen molar-refractivity contribution in [3.8, 4) is 5.75 Å². The number of ether oxygens (including phenoxy) is 1. The van der Waals surface area contributed by atoms with Crippen LogP contribution >= 0.6 is 0 Å². The first-order valence-corrected chi connectivity index (χ1v) is 6.22. The lowest BCUT2D eigenvalue weighted by atomic mass is 9.99. The molecule has 0 radical (unpaired) electrons. The van der Waals surface area contributed by atoms with Crippen LogP contribution in [0.25, 0.3) is 0 Å². The predicted molar refractivity (Wildman–Crippen MR) is 70.8 cm³/mol. The molecule has 0 aliphatic rings. The van der Waals surface area contributed by atoms with Crippen LogP contribution in [0.5, 0.6) is 5.75 Å². The Kier molecular flexibility index (Phi) is 5.20. The lowest BCUT2D eigenvalue weighted by Crippen LogP contribution is -2.03. The van der Waals surface area contributed by atoms with Gasteiger partial charge in [-0.3, -0.25) is 4.79 Å². The van der Waals surface area contributed by atoms with E-state index in [1.165, 1.54) is 0 Å². The van der Waals surface area contributed by atoms with Gasteiger partial charge in [0.2, 0.25) is 0 Å². The van der Waals surface area contributed by atoms with E-state index in [0.717, 1.165) is 24.0 Å². The molecule has 0 atom stereocenters. The third-order valence-electron chi connectivity index (χ3n) is 2.84. The monoisotopic (exact) mass is 234 g/mol. The molecule has 0 aliphatic heterocycles. The molecule has 0 amide bonds. The van der Waals surface area contributed by atoms with Gasteiger partial charge in [0, 0.05) is 6.42 Å². The summed E-state index contributed by atoms with van der Waals surface area (Å²) in [6.07, 6.45) is 2.66.